The van der Waals surface area contributed by atoms with Crippen molar-refractivity contribution >= 4 is 11.9 Å². The molecule has 0 aromatic heterocycles. The van der Waals surface area contributed by atoms with Crippen LogP contribution in [0.2, 0.25) is 0 Å². The standard InChI is InChI=1S/C10H10IO4/c1-7(12)14-10-6-4-3-5-9(10)11-15-8(2)13/h3-6H,1-2H3/q-1. The Morgan fingerprint density at radius 3 is 2.40 bits per heavy atom. The van der Waals surface area contributed by atoms with Gasteiger partial charge >= 0.3 is 98.4 Å². The van der Waals surface area contributed by atoms with Crippen molar-refractivity contribution in [1.82, 2.24) is 0 Å². The van der Waals surface area contributed by atoms with Crippen LogP contribution < -0.4 is 26.4 Å². The molecule has 0 saturated heterocycles. The fourth-order valence-electron chi connectivity index (χ4n) is 0.842. The first-order valence-electron chi connectivity index (χ1n) is 4.19. The summed E-state index contributed by atoms with van der Waals surface area (Å²) in [5, 5.41) is 0. The molecule has 5 heteroatoms. The molecule has 4 nitrogen and oxygen atoms in total. The number of halogens is 1. The molecule has 0 spiro atoms. The topological polar surface area (TPSA) is 52.6 Å². The maximum absolute atomic E-state index is 10.8. The molecule has 0 atom stereocenters. The molecule has 0 amide bonds. The molecule has 0 aliphatic carbocycles. The molecule has 0 aliphatic heterocycles. The summed E-state index contributed by atoms with van der Waals surface area (Å²) >= 11 is -0.894. The first kappa shape index (κ1) is 12.0. The number of carbonyl (C=O) groups is 2. The van der Waals surface area contributed by atoms with Crippen LogP contribution >= 0.6 is 0 Å². The first-order valence-corrected chi connectivity index (χ1v) is 6.15. The van der Waals surface area contributed by atoms with Gasteiger partial charge in [-0.1, -0.05) is 0 Å². The van der Waals surface area contributed by atoms with Crippen molar-refractivity contribution in [2.75, 3.05) is 0 Å². The number of para-hydroxylation sites is 1. The summed E-state index contributed by atoms with van der Waals surface area (Å²) in [5.74, 6) is -0.228. The van der Waals surface area contributed by atoms with Crippen LogP contribution in [-0.2, 0) is 12.7 Å². The van der Waals surface area contributed by atoms with Crippen molar-refractivity contribution in [3.8, 4) is 5.75 Å². The van der Waals surface area contributed by atoms with Gasteiger partial charge < -0.3 is 0 Å². The maximum atomic E-state index is 10.8. The Kier molecular flexibility index (Phi) is 4.54. The number of ether oxygens (including phenoxy) is 1. The number of rotatable bonds is 3. The van der Waals surface area contributed by atoms with Crippen LogP contribution in [0, 0.1) is 3.57 Å². The molecule has 0 saturated carbocycles. The molecule has 0 fully saturated rings. The molecule has 0 bridgehead atoms. The van der Waals surface area contributed by atoms with Crippen LogP contribution in [0.15, 0.2) is 24.3 Å². The minimum absolute atomic E-state index is 0.319. The molecule has 15 heavy (non-hydrogen) atoms. The SMILES string of the molecule is CC(=O)O[I-]c1ccccc1OC(C)=O. The van der Waals surface area contributed by atoms with Crippen LogP contribution in [0.4, 0.5) is 0 Å². The summed E-state index contributed by atoms with van der Waals surface area (Å²) in [6.07, 6.45) is 0. The Hall–Kier alpha value is -1.11. The summed E-state index contributed by atoms with van der Waals surface area (Å²) in [6.45, 7) is 2.69. The van der Waals surface area contributed by atoms with Crippen molar-refractivity contribution < 1.29 is 39.0 Å². The van der Waals surface area contributed by atoms with E-state index in [0.29, 0.717) is 5.75 Å². The average Bonchev–Trinajstić information content (AvgIpc) is 2.15. The van der Waals surface area contributed by atoms with E-state index in [1.54, 1.807) is 18.2 Å². The Bertz CT molecular complexity index is 375. The number of hydrogen-bond acceptors (Lipinski definition) is 4. The van der Waals surface area contributed by atoms with Crippen LogP contribution in [0.5, 0.6) is 5.75 Å². The minimum atomic E-state index is -0.894. The zero-order valence-corrected chi connectivity index (χ0v) is 10.5. The van der Waals surface area contributed by atoms with Crippen LogP contribution in [0.3, 0.4) is 0 Å². The predicted octanol–water partition coefficient (Wildman–Crippen LogP) is -1.65. The zero-order chi connectivity index (χ0) is 11.3. The fraction of sp³-hybridized carbons (Fsp3) is 0.200. The monoisotopic (exact) mass is 321 g/mol. The molecule has 0 heterocycles. The fourth-order valence-corrected chi connectivity index (χ4v) is 2.25. The normalized spacial score (nSPS) is 9.73. The van der Waals surface area contributed by atoms with Crippen LogP contribution in [0.1, 0.15) is 13.8 Å². The molecule has 1 aromatic carbocycles. The van der Waals surface area contributed by atoms with Crippen molar-refractivity contribution in [3.63, 3.8) is 0 Å². The van der Waals surface area contributed by atoms with Gasteiger partial charge in [0.25, 0.3) is 0 Å². The van der Waals surface area contributed by atoms with Crippen LogP contribution in [-0.4, -0.2) is 11.9 Å². The third-order valence-electron chi connectivity index (χ3n) is 1.32. The van der Waals surface area contributed by atoms with E-state index in [4.69, 9.17) is 7.80 Å². The van der Waals surface area contributed by atoms with E-state index in [1.165, 1.54) is 13.8 Å². The average molecular weight is 321 g/mol. The van der Waals surface area contributed by atoms with E-state index < -0.39 is 21.6 Å². The molecular weight excluding hydrogens is 311 g/mol. The summed E-state index contributed by atoms with van der Waals surface area (Å²) in [4.78, 5) is 21.4. The van der Waals surface area contributed by atoms with Gasteiger partial charge in [0, 0.05) is 0 Å². The van der Waals surface area contributed by atoms with E-state index in [9.17, 15) is 9.59 Å². The number of hydrogen-bond donors (Lipinski definition) is 0. The van der Waals surface area contributed by atoms with Crippen molar-refractivity contribution in [2.45, 2.75) is 13.8 Å². The van der Waals surface area contributed by atoms with Gasteiger partial charge in [-0.3, -0.25) is 0 Å². The summed E-state index contributed by atoms with van der Waals surface area (Å²) < 4.78 is 10.7. The van der Waals surface area contributed by atoms with Gasteiger partial charge in [0.05, 0.1) is 0 Å². The van der Waals surface area contributed by atoms with Crippen molar-refractivity contribution in [1.29, 1.82) is 0 Å². The first-order chi connectivity index (χ1) is 7.09. The van der Waals surface area contributed by atoms with Gasteiger partial charge in [0.15, 0.2) is 0 Å². The third-order valence-corrected chi connectivity index (χ3v) is 3.53. The van der Waals surface area contributed by atoms with E-state index >= 15 is 0 Å². The second kappa shape index (κ2) is 5.69. The number of carbonyl (C=O) groups excluding carboxylic acids is 2. The van der Waals surface area contributed by atoms with Gasteiger partial charge in [-0.25, -0.2) is 0 Å². The van der Waals surface area contributed by atoms with Crippen molar-refractivity contribution in [2.24, 2.45) is 0 Å². The van der Waals surface area contributed by atoms with E-state index in [1.807, 2.05) is 6.07 Å². The van der Waals surface area contributed by atoms with Gasteiger partial charge in [-0.15, -0.1) is 0 Å². The Morgan fingerprint density at radius 2 is 1.80 bits per heavy atom. The zero-order valence-electron chi connectivity index (χ0n) is 8.32. The molecule has 82 valence electrons. The Morgan fingerprint density at radius 1 is 1.13 bits per heavy atom. The number of benzene rings is 1. The summed E-state index contributed by atoms with van der Waals surface area (Å²) in [5.41, 5.74) is 0. The van der Waals surface area contributed by atoms with Gasteiger partial charge in [0.2, 0.25) is 0 Å². The van der Waals surface area contributed by atoms with E-state index in [0.717, 1.165) is 3.57 Å². The Labute approximate surface area is 98.4 Å². The third kappa shape index (κ3) is 4.28. The molecule has 0 N–H and O–H groups in total. The van der Waals surface area contributed by atoms with E-state index in [-0.39, 0.29) is 11.9 Å². The summed E-state index contributed by atoms with van der Waals surface area (Å²) in [7, 11) is 0. The van der Waals surface area contributed by atoms with Crippen LogP contribution in [0.25, 0.3) is 0 Å². The predicted molar refractivity (Wildman–Crippen MR) is 48.2 cm³/mol. The Balaban J connectivity index is 2.76. The molecule has 1 rings (SSSR count). The summed E-state index contributed by atoms with van der Waals surface area (Å²) in [6, 6.07) is 7.04. The molecular formula is C10H10IO4-. The molecule has 1 aromatic rings. The van der Waals surface area contributed by atoms with E-state index in [2.05, 4.69) is 0 Å². The van der Waals surface area contributed by atoms with Gasteiger partial charge in [-0.2, -0.15) is 0 Å². The molecule has 0 aliphatic rings. The second-order valence-electron chi connectivity index (χ2n) is 2.67. The number of esters is 1. The van der Waals surface area contributed by atoms with Gasteiger partial charge in [-0.05, 0) is 0 Å². The van der Waals surface area contributed by atoms with Crippen molar-refractivity contribution in [3.05, 3.63) is 27.8 Å². The second-order valence-corrected chi connectivity index (χ2v) is 4.71. The molecule has 0 unspecified atom stereocenters. The van der Waals surface area contributed by atoms with Gasteiger partial charge in [0.1, 0.15) is 0 Å². The quantitative estimate of drug-likeness (QED) is 0.380. The molecule has 0 radical (unpaired) electrons.